The molecular weight excluding hydrogens is 332 g/mol. The van der Waals surface area contributed by atoms with E-state index in [0.29, 0.717) is 44.3 Å². The number of aldehydes is 1. The number of aliphatic hydroxyl groups is 1. The highest BCUT2D eigenvalue weighted by Crippen LogP contribution is 2.32. The Kier molecular flexibility index (Phi) is 11.2. The predicted molar refractivity (Wildman–Crippen MR) is 103 cm³/mol. The summed E-state index contributed by atoms with van der Waals surface area (Å²) in [6.07, 6.45) is 5.59. The molecule has 0 aliphatic heterocycles. The highest BCUT2D eigenvalue weighted by molar-refractivity contribution is 5.79. The molecule has 0 fully saturated rings. The minimum absolute atomic E-state index is 0.0169. The summed E-state index contributed by atoms with van der Waals surface area (Å²) in [6.45, 7) is 8.68. The molecule has 26 heavy (non-hydrogen) atoms. The zero-order chi connectivity index (χ0) is 19.3. The van der Waals surface area contributed by atoms with Crippen molar-refractivity contribution in [1.82, 2.24) is 0 Å². The molecule has 0 saturated carbocycles. The maximum absolute atomic E-state index is 11.5. The Balaban J connectivity index is 2.49. The fourth-order valence-electron chi connectivity index (χ4n) is 2.75. The summed E-state index contributed by atoms with van der Waals surface area (Å²) in [5.74, 6) is 0.591. The lowest BCUT2D eigenvalue weighted by molar-refractivity contribution is 0.0246. The predicted octanol–water partition coefficient (Wildman–Crippen LogP) is 3.76. The van der Waals surface area contributed by atoms with Crippen molar-refractivity contribution in [2.45, 2.75) is 51.9 Å². The Morgan fingerprint density at radius 2 is 1.73 bits per heavy atom. The van der Waals surface area contributed by atoms with Gasteiger partial charge in [-0.05, 0) is 29.5 Å². The monoisotopic (exact) mass is 366 g/mol. The number of hydrogen-bond acceptors (Lipinski definition) is 5. The molecule has 0 saturated heterocycles. The standard InChI is InChI=1S/C21H34O5/c1-4-5-6-9-21(2,3)19-7-8-20(18(16-19)17-23)26-15-14-25-13-12-24-11-10-22/h7-8,16-17,22H,4-6,9-15H2,1-3H3. The molecule has 0 aliphatic carbocycles. The minimum atomic E-state index is 0.0169. The lowest BCUT2D eigenvalue weighted by Crippen LogP contribution is -2.18. The summed E-state index contributed by atoms with van der Waals surface area (Å²) >= 11 is 0. The molecule has 1 aromatic carbocycles. The maximum atomic E-state index is 11.5. The van der Waals surface area contributed by atoms with E-state index >= 15 is 0 Å². The van der Waals surface area contributed by atoms with Crippen molar-refractivity contribution in [2.75, 3.05) is 39.6 Å². The van der Waals surface area contributed by atoms with Crippen molar-refractivity contribution in [3.63, 3.8) is 0 Å². The molecule has 0 bridgehead atoms. The number of ether oxygens (including phenoxy) is 3. The molecule has 0 aromatic heterocycles. The fraction of sp³-hybridized carbons (Fsp3) is 0.667. The van der Waals surface area contributed by atoms with Crippen LogP contribution in [0.25, 0.3) is 0 Å². The molecule has 0 amide bonds. The molecule has 1 aromatic rings. The first-order valence-corrected chi connectivity index (χ1v) is 9.54. The third-order valence-corrected chi connectivity index (χ3v) is 4.42. The number of benzene rings is 1. The molecule has 148 valence electrons. The summed E-state index contributed by atoms with van der Waals surface area (Å²) in [5, 5.41) is 8.59. The number of hydrogen-bond donors (Lipinski definition) is 1. The first-order chi connectivity index (χ1) is 12.5. The van der Waals surface area contributed by atoms with Gasteiger partial charge in [0.1, 0.15) is 12.4 Å². The van der Waals surface area contributed by atoms with Crippen LogP contribution in [0, 0.1) is 0 Å². The van der Waals surface area contributed by atoms with Gasteiger partial charge in [0.05, 0.1) is 38.6 Å². The first kappa shape index (κ1) is 22.6. The smallest absolute Gasteiger partial charge is 0.153 e. The summed E-state index contributed by atoms with van der Waals surface area (Å²) in [4.78, 5) is 11.5. The van der Waals surface area contributed by atoms with E-state index in [9.17, 15) is 4.79 Å². The molecular formula is C21H34O5. The topological polar surface area (TPSA) is 65.0 Å². The Hall–Kier alpha value is -1.43. The van der Waals surface area contributed by atoms with E-state index in [0.717, 1.165) is 12.7 Å². The van der Waals surface area contributed by atoms with E-state index in [1.54, 1.807) is 0 Å². The van der Waals surface area contributed by atoms with Crippen LogP contribution in [-0.4, -0.2) is 51.0 Å². The second-order valence-corrected chi connectivity index (χ2v) is 7.01. The Labute approximate surface area is 157 Å². The van der Waals surface area contributed by atoms with Crippen molar-refractivity contribution in [2.24, 2.45) is 0 Å². The van der Waals surface area contributed by atoms with Crippen LogP contribution >= 0.6 is 0 Å². The molecule has 0 aliphatic rings. The third kappa shape index (κ3) is 8.30. The summed E-state index contributed by atoms with van der Waals surface area (Å²) in [5.41, 5.74) is 1.79. The zero-order valence-electron chi connectivity index (χ0n) is 16.5. The normalized spacial score (nSPS) is 11.5. The van der Waals surface area contributed by atoms with Crippen molar-refractivity contribution < 1.29 is 24.1 Å². The van der Waals surface area contributed by atoms with Crippen LogP contribution in [-0.2, 0) is 14.9 Å². The average Bonchev–Trinajstić information content (AvgIpc) is 2.64. The van der Waals surface area contributed by atoms with Gasteiger partial charge in [0.15, 0.2) is 6.29 Å². The van der Waals surface area contributed by atoms with Crippen molar-refractivity contribution in [3.8, 4) is 5.75 Å². The van der Waals surface area contributed by atoms with Crippen LogP contribution in [0.4, 0.5) is 0 Å². The van der Waals surface area contributed by atoms with Gasteiger partial charge in [-0.3, -0.25) is 4.79 Å². The van der Waals surface area contributed by atoms with Gasteiger partial charge < -0.3 is 19.3 Å². The van der Waals surface area contributed by atoms with Crippen LogP contribution in [0.3, 0.4) is 0 Å². The summed E-state index contributed by atoms with van der Waals surface area (Å²) in [7, 11) is 0. The number of carbonyl (C=O) groups is 1. The SMILES string of the molecule is CCCCCC(C)(C)c1ccc(OCCOCCOCCO)c(C=O)c1. The molecule has 0 atom stereocenters. The van der Waals surface area contributed by atoms with Crippen LogP contribution in [0.5, 0.6) is 5.75 Å². The quantitative estimate of drug-likeness (QED) is 0.378. The molecule has 5 heteroatoms. The van der Waals surface area contributed by atoms with Gasteiger partial charge >= 0.3 is 0 Å². The highest BCUT2D eigenvalue weighted by Gasteiger charge is 2.21. The largest absolute Gasteiger partial charge is 0.490 e. The Morgan fingerprint density at radius 1 is 1.04 bits per heavy atom. The number of carbonyl (C=O) groups excluding carboxylic acids is 1. The van der Waals surface area contributed by atoms with Gasteiger partial charge in [-0.25, -0.2) is 0 Å². The van der Waals surface area contributed by atoms with Crippen molar-refractivity contribution >= 4 is 6.29 Å². The molecule has 1 rings (SSSR count). The Bertz CT molecular complexity index is 513. The van der Waals surface area contributed by atoms with Gasteiger partial charge in [0.2, 0.25) is 0 Å². The summed E-state index contributed by atoms with van der Waals surface area (Å²) < 4.78 is 16.2. The second-order valence-electron chi connectivity index (χ2n) is 7.01. The van der Waals surface area contributed by atoms with Gasteiger partial charge in [0.25, 0.3) is 0 Å². The van der Waals surface area contributed by atoms with Crippen LogP contribution in [0.15, 0.2) is 18.2 Å². The fourth-order valence-corrected chi connectivity index (χ4v) is 2.75. The molecule has 0 unspecified atom stereocenters. The van der Waals surface area contributed by atoms with Crippen LogP contribution in [0.2, 0.25) is 0 Å². The minimum Gasteiger partial charge on any atom is -0.490 e. The van der Waals surface area contributed by atoms with E-state index in [-0.39, 0.29) is 12.0 Å². The van der Waals surface area contributed by atoms with E-state index in [1.807, 2.05) is 12.1 Å². The van der Waals surface area contributed by atoms with Crippen molar-refractivity contribution in [3.05, 3.63) is 29.3 Å². The molecule has 0 heterocycles. The zero-order valence-corrected chi connectivity index (χ0v) is 16.5. The first-order valence-electron chi connectivity index (χ1n) is 9.54. The molecule has 0 radical (unpaired) electrons. The van der Waals surface area contributed by atoms with E-state index in [2.05, 4.69) is 26.8 Å². The Morgan fingerprint density at radius 3 is 2.38 bits per heavy atom. The third-order valence-electron chi connectivity index (χ3n) is 4.42. The second kappa shape index (κ2) is 12.8. The molecule has 5 nitrogen and oxygen atoms in total. The van der Waals surface area contributed by atoms with E-state index < -0.39 is 0 Å². The van der Waals surface area contributed by atoms with Gasteiger partial charge in [0, 0.05) is 0 Å². The molecule has 0 spiro atoms. The van der Waals surface area contributed by atoms with E-state index in [1.165, 1.54) is 24.8 Å². The van der Waals surface area contributed by atoms with Crippen LogP contribution in [0.1, 0.15) is 62.4 Å². The lowest BCUT2D eigenvalue weighted by Gasteiger charge is -2.26. The van der Waals surface area contributed by atoms with Gasteiger partial charge in [-0.2, -0.15) is 0 Å². The van der Waals surface area contributed by atoms with Crippen LogP contribution < -0.4 is 4.74 Å². The number of unbranched alkanes of at least 4 members (excludes halogenated alkanes) is 2. The number of rotatable bonds is 15. The van der Waals surface area contributed by atoms with E-state index in [4.69, 9.17) is 19.3 Å². The van der Waals surface area contributed by atoms with Gasteiger partial charge in [-0.15, -0.1) is 0 Å². The number of aliphatic hydroxyl groups excluding tert-OH is 1. The van der Waals surface area contributed by atoms with Gasteiger partial charge in [-0.1, -0.05) is 46.1 Å². The van der Waals surface area contributed by atoms with Crippen molar-refractivity contribution in [1.29, 1.82) is 0 Å². The maximum Gasteiger partial charge on any atom is 0.153 e. The highest BCUT2D eigenvalue weighted by atomic mass is 16.5. The molecule has 1 N–H and O–H groups in total. The summed E-state index contributed by atoms with van der Waals surface area (Å²) in [6, 6.07) is 5.88. The average molecular weight is 366 g/mol. The lowest BCUT2D eigenvalue weighted by atomic mass is 9.79.